The Labute approximate surface area is 148 Å². The van der Waals surface area contributed by atoms with Crippen molar-refractivity contribution in [2.45, 2.75) is 32.9 Å². The molecule has 0 bridgehead atoms. The molecule has 1 aromatic carbocycles. The molecule has 1 atom stereocenters. The third kappa shape index (κ3) is 3.48. The van der Waals surface area contributed by atoms with Crippen LogP contribution in [0.5, 0.6) is 11.5 Å². The smallest absolute Gasteiger partial charge is 0.338 e. The molecule has 1 unspecified atom stereocenters. The van der Waals surface area contributed by atoms with E-state index in [2.05, 4.69) is 26.6 Å². The van der Waals surface area contributed by atoms with Crippen LogP contribution in [-0.2, 0) is 9.53 Å². The lowest BCUT2D eigenvalue weighted by Crippen LogP contribution is -2.45. The lowest BCUT2D eigenvalue weighted by Gasteiger charge is -2.29. The summed E-state index contributed by atoms with van der Waals surface area (Å²) in [6, 6.07) is 2.01. The maximum Gasteiger partial charge on any atom is 0.338 e. The molecule has 1 heterocycles. The van der Waals surface area contributed by atoms with E-state index >= 15 is 0 Å². The molecule has 8 heteroatoms. The first kappa shape index (κ1) is 18.1. The molecule has 1 aliphatic heterocycles. The second-order valence-electron chi connectivity index (χ2n) is 5.54. The number of allylic oxidation sites excluding steroid dienone is 1. The van der Waals surface area contributed by atoms with Gasteiger partial charge in [-0.2, -0.15) is 0 Å². The first-order valence-corrected chi connectivity index (χ1v) is 8.10. The molecule has 0 spiro atoms. The molecule has 24 heavy (non-hydrogen) atoms. The van der Waals surface area contributed by atoms with E-state index in [1.54, 1.807) is 32.9 Å². The second kappa shape index (κ2) is 7.12. The van der Waals surface area contributed by atoms with Gasteiger partial charge in [-0.3, -0.25) is 0 Å². The number of rotatable bonds is 4. The van der Waals surface area contributed by atoms with Gasteiger partial charge in [-0.15, -0.1) is 0 Å². The molecule has 0 saturated heterocycles. The second-order valence-corrected chi connectivity index (χ2v) is 6.34. The molecule has 3 N–H and O–H groups in total. The van der Waals surface area contributed by atoms with Crippen molar-refractivity contribution in [3.8, 4) is 11.5 Å². The highest BCUT2D eigenvalue weighted by molar-refractivity contribution is 9.10. The van der Waals surface area contributed by atoms with Gasteiger partial charge in [0.1, 0.15) is 0 Å². The van der Waals surface area contributed by atoms with E-state index < -0.39 is 18.0 Å². The number of hydrogen-bond acceptors (Lipinski definition) is 5. The average Bonchev–Trinajstić information content (AvgIpc) is 2.48. The molecular formula is C16H19BrN2O5. The summed E-state index contributed by atoms with van der Waals surface area (Å²) < 4.78 is 10.7. The van der Waals surface area contributed by atoms with Crippen LogP contribution in [0.1, 0.15) is 32.4 Å². The topological polar surface area (TPSA) is 96.9 Å². The maximum absolute atomic E-state index is 12.5. The number of amides is 2. The summed E-state index contributed by atoms with van der Waals surface area (Å²) in [6.45, 7) is 5.11. The lowest BCUT2D eigenvalue weighted by molar-refractivity contribution is -0.143. The van der Waals surface area contributed by atoms with Crippen LogP contribution in [0.15, 0.2) is 27.9 Å². The zero-order valence-electron chi connectivity index (χ0n) is 13.8. The third-order valence-corrected chi connectivity index (χ3v) is 4.31. The van der Waals surface area contributed by atoms with Crippen molar-refractivity contribution in [3.05, 3.63) is 33.4 Å². The number of urea groups is 1. The number of ether oxygens (including phenoxy) is 2. The Morgan fingerprint density at radius 1 is 1.38 bits per heavy atom. The van der Waals surface area contributed by atoms with Gasteiger partial charge < -0.3 is 25.2 Å². The van der Waals surface area contributed by atoms with E-state index in [0.29, 0.717) is 15.7 Å². The number of nitrogens with one attached hydrogen (secondary N) is 2. The van der Waals surface area contributed by atoms with Gasteiger partial charge in [0.15, 0.2) is 11.5 Å². The Balaban J connectivity index is 2.53. The fourth-order valence-corrected chi connectivity index (χ4v) is 2.98. The molecular weight excluding hydrogens is 380 g/mol. The summed E-state index contributed by atoms with van der Waals surface area (Å²) in [4.78, 5) is 24.3. The molecule has 0 radical (unpaired) electrons. The van der Waals surface area contributed by atoms with Gasteiger partial charge in [0, 0.05) is 5.70 Å². The molecule has 0 aromatic heterocycles. The van der Waals surface area contributed by atoms with Gasteiger partial charge in [-0.1, -0.05) is 6.07 Å². The third-order valence-electron chi connectivity index (χ3n) is 3.47. The van der Waals surface area contributed by atoms with E-state index in [0.717, 1.165) is 0 Å². The zero-order valence-corrected chi connectivity index (χ0v) is 15.4. The summed E-state index contributed by atoms with van der Waals surface area (Å²) in [7, 11) is 1.43. The van der Waals surface area contributed by atoms with Crippen molar-refractivity contribution >= 4 is 27.9 Å². The predicted octanol–water partition coefficient (Wildman–Crippen LogP) is 2.74. The maximum atomic E-state index is 12.5. The van der Waals surface area contributed by atoms with Gasteiger partial charge in [0.05, 0.1) is 29.3 Å². The van der Waals surface area contributed by atoms with Crippen LogP contribution in [0.25, 0.3) is 0 Å². The van der Waals surface area contributed by atoms with Gasteiger partial charge >= 0.3 is 12.0 Å². The molecule has 1 aromatic rings. The number of aromatic hydroxyl groups is 1. The highest BCUT2D eigenvalue weighted by Gasteiger charge is 2.34. The molecule has 0 saturated carbocycles. The van der Waals surface area contributed by atoms with Crippen molar-refractivity contribution in [1.29, 1.82) is 0 Å². The normalized spacial score (nSPS) is 17.4. The number of halogens is 1. The largest absolute Gasteiger partial charge is 0.503 e. The molecule has 2 rings (SSSR count). The first-order chi connectivity index (χ1) is 11.3. The van der Waals surface area contributed by atoms with E-state index in [1.165, 1.54) is 7.11 Å². The van der Waals surface area contributed by atoms with Crippen LogP contribution in [0.4, 0.5) is 4.79 Å². The van der Waals surface area contributed by atoms with Crippen molar-refractivity contribution in [1.82, 2.24) is 10.6 Å². The minimum atomic E-state index is -0.767. The summed E-state index contributed by atoms with van der Waals surface area (Å²) >= 11 is 3.30. The van der Waals surface area contributed by atoms with Gasteiger partial charge in [0.25, 0.3) is 0 Å². The van der Waals surface area contributed by atoms with Crippen LogP contribution in [-0.4, -0.2) is 30.3 Å². The van der Waals surface area contributed by atoms with E-state index in [4.69, 9.17) is 9.47 Å². The Morgan fingerprint density at radius 2 is 2.04 bits per heavy atom. The number of benzene rings is 1. The van der Waals surface area contributed by atoms with Crippen molar-refractivity contribution in [2.75, 3.05) is 7.11 Å². The van der Waals surface area contributed by atoms with Crippen LogP contribution in [0.3, 0.4) is 0 Å². The van der Waals surface area contributed by atoms with Gasteiger partial charge in [-0.25, -0.2) is 9.59 Å². The quantitative estimate of drug-likeness (QED) is 0.677. The Morgan fingerprint density at radius 3 is 2.62 bits per heavy atom. The molecule has 0 fully saturated rings. The zero-order chi connectivity index (χ0) is 18.0. The highest BCUT2D eigenvalue weighted by atomic mass is 79.9. The Kier molecular flexibility index (Phi) is 5.38. The summed E-state index contributed by atoms with van der Waals surface area (Å²) in [5, 5.41) is 15.4. The fourth-order valence-electron chi connectivity index (χ4n) is 2.43. The SMILES string of the molecule is COc1ccc(C2NC(=O)NC(C)=C2C(=O)OC(C)C)c(Br)c1O. The monoisotopic (exact) mass is 398 g/mol. The number of hydrogen-bond donors (Lipinski definition) is 3. The average molecular weight is 399 g/mol. The fraction of sp³-hybridized carbons (Fsp3) is 0.375. The summed E-state index contributed by atoms with van der Waals surface area (Å²) in [5.74, 6) is -0.378. The standard InChI is InChI=1S/C16H19BrN2O5/c1-7(2)24-15(21)11-8(3)18-16(22)19-13(11)9-5-6-10(23-4)14(20)12(9)17/h5-7,13,20H,1-4H3,(H2,18,19,22). The molecule has 1 aliphatic rings. The van der Waals surface area contributed by atoms with Crippen molar-refractivity contribution in [3.63, 3.8) is 0 Å². The van der Waals surface area contributed by atoms with E-state index in [-0.39, 0.29) is 23.2 Å². The number of esters is 1. The number of methoxy groups -OCH3 is 1. The number of carbonyl (C=O) groups excluding carboxylic acids is 2. The van der Waals surface area contributed by atoms with Crippen LogP contribution >= 0.6 is 15.9 Å². The Bertz CT molecular complexity index is 715. The van der Waals surface area contributed by atoms with Crippen molar-refractivity contribution < 1.29 is 24.2 Å². The van der Waals surface area contributed by atoms with Crippen molar-refractivity contribution in [2.24, 2.45) is 0 Å². The predicted molar refractivity (Wildman–Crippen MR) is 90.7 cm³/mol. The lowest BCUT2D eigenvalue weighted by atomic mass is 9.95. The summed E-state index contributed by atoms with van der Waals surface area (Å²) in [5.41, 5.74) is 1.18. The van der Waals surface area contributed by atoms with E-state index in [1.807, 2.05) is 0 Å². The minimum absolute atomic E-state index is 0.114. The van der Waals surface area contributed by atoms with Gasteiger partial charge in [-0.05, 0) is 48.3 Å². The highest BCUT2D eigenvalue weighted by Crippen LogP contribution is 2.41. The molecule has 7 nitrogen and oxygen atoms in total. The summed E-state index contributed by atoms with van der Waals surface area (Å²) in [6.07, 6.45) is -0.302. The number of carbonyl (C=O) groups is 2. The number of phenols is 1. The van der Waals surface area contributed by atoms with E-state index in [9.17, 15) is 14.7 Å². The van der Waals surface area contributed by atoms with Gasteiger partial charge in [0.2, 0.25) is 0 Å². The first-order valence-electron chi connectivity index (χ1n) is 7.30. The van der Waals surface area contributed by atoms with Crippen LogP contribution < -0.4 is 15.4 Å². The molecule has 0 aliphatic carbocycles. The molecule has 130 valence electrons. The minimum Gasteiger partial charge on any atom is -0.503 e. The van der Waals surface area contributed by atoms with Crippen LogP contribution in [0, 0.1) is 0 Å². The Hall–Kier alpha value is -2.22. The molecule has 2 amide bonds. The number of phenolic OH excluding ortho intramolecular Hbond substituents is 1. The van der Waals surface area contributed by atoms with Crippen LogP contribution in [0.2, 0.25) is 0 Å².